The van der Waals surface area contributed by atoms with Crippen molar-refractivity contribution in [3.8, 4) is 16.8 Å². The number of carbonyl (C=O) groups is 1. The average Bonchev–Trinajstić information content (AvgIpc) is 3.31. The highest BCUT2D eigenvalue weighted by atomic mass is 16.3. The fourth-order valence-electron chi connectivity index (χ4n) is 6.30. The molecule has 0 fully saturated rings. The molecule has 0 atom stereocenters. The van der Waals surface area contributed by atoms with Crippen LogP contribution in [0.15, 0.2) is 127 Å². The minimum atomic E-state index is -0.154. The molecule has 3 heteroatoms. The van der Waals surface area contributed by atoms with Gasteiger partial charge in [0.1, 0.15) is 5.76 Å². The Morgan fingerprint density at radius 1 is 0.575 bits per heavy atom. The van der Waals surface area contributed by atoms with E-state index >= 15 is 0 Å². The molecule has 0 aliphatic heterocycles. The van der Waals surface area contributed by atoms with Crippen LogP contribution in [0.25, 0.3) is 65.7 Å². The summed E-state index contributed by atoms with van der Waals surface area (Å²) in [5.74, 6) is -0.121. The van der Waals surface area contributed by atoms with Crippen molar-refractivity contribution >= 4 is 54.7 Å². The zero-order chi connectivity index (χ0) is 27.4. The molecule has 1 heterocycles. The van der Waals surface area contributed by atoms with E-state index in [9.17, 15) is 9.90 Å². The minimum absolute atomic E-state index is 0.0331. The molecule has 192 valence electrons. The van der Waals surface area contributed by atoms with Gasteiger partial charge >= 0.3 is 0 Å². The summed E-state index contributed by atoms with van der Waals surface area (Å²) in [5.41, 5.74) is 6.82. The standard InChI is InChI=1S/C37H27NO2/c1-23(39)35(24(2)40)37-30-17-8-6-15-28(30)36(29-16-7-9-18-31(29)37)25-20-21-34-32(22-25)27-14-10-11-19-33(27)38(34)26-12-4-3-5-13-26/h3-22,39H,1-2H3. The van der Waals surface area contributed by atoms with Gasteiger partial charge in [0.05, 0.1) is 16.6 Å². The van der Waals surface area contributed by atoms with Crippen molar-refractivity contribution in [3.05, 3.63) is 133 Å². The quantitative estimate of drug-likeness (QED) is 0.143. The Labute approximate surface area is 232 Å². The summed E-state index contributed by atoms with van der Waals surface area (Å²) in [5, 5.41) is 17.0. The Bertz CT molecular complexity index is 2090. The maximum Gasteiger partial charge on any atom is 0.163 e. The number of benzene rings is 6. The summed E-state index contributed by atoms with van der Waals surface area (Å²) in [6.07, 6.45) is 0. The highest BCUT2D eigenvalue weighted by Crippen LogP contribution is 2.44. The van der Waals surface area contributed by atoms with Gasteiger partial charge in [-0.2, -0.15) is 0 Å². The van der Waals surface area contributed by atoms with Crippen LogP contribution in [0.1, 0.15) is 19.4 Å². The number of aromatic nitrogens is 1. The van der Waals surface area contributed by atoms with Crippen LogP contribution in [0.5, 0.6) is 0 Å². The molecule has 6 aromatic carbocycles. The van der Waals surface area contributed by atoms with Crippen molar-refractivity contribution in [2.24, 2.45) is 0 Å². The Morgan fingerprint density at radius 3 is 1.70 bits per heavy atom. The van der Waals surface area contributed by atoms with Crippen molar-refractivity contribution in [2.45, 2.75) is 13.8 Å². The van der Waals surface area contributed by atoms with Crippen LogP contribution in [-0.2, 0) is 4.79 Å². The first kappa shape index (κ1) is 23.9. The number of aliphatic hydroxyl groups excluding tert-OH is 1. The van der Waals surface area contributed by atoms with E-state index in [1.807, 2.05) is 42.5 Å². The van der Waals surface area contributed by atoms with Gasteiger partial charge in [0.25, 0.3) is 0 Å². The lowest BCUT2D eigenvalue weighted by atomic mass is 9.84. The van der Waals surface area contributed by atoms with Crippen LogP contribution in [0.3, 0.4) is 0 Å². The molecule has 7 aromatic rings. The lowest BCUT2D eigenvalue weighted by Gasteiger charge is -2.19. The third kappa shape index (κ3) is 3.55. The van der Waals surface area contributed by atoms with Crippen LogP contribution in [-0.4, -0.2) is 15.5 Å². The van der Waals surface area contributed by atoms with Crippen LogP contribution in [0, 0.1) is 0 Å². The molecule has 0 saturated heterocycles. The maximum atomic E-state index is 12.8. The second-order valence-corrected chi connectivity index (χ2v) is 10.3. The summed E-state index contributed by atoms with van der Waals surface area (Å²) >= 11 is 0. The first-order valence-electron chi connectivity index (χ1n) is 13.5. The molecule has 0 spiro atoms. The molecule has 0 aliphatic rings. The molecule has 0 saturated carbocycles. The minimum Gasteiger partial charge on any atom is -0.512 e. The highest BCUT2D eigenvalue weighted by Gasteiger charge is 2.22. The van der Waals surface area contributed by atoms with Crippen molar-refractivity contribution in [1.82, 2.24) is 4.57 Å². The third-order valence-electron chi connectivity index (χ3n) is 7.87. The van der Waals surface area contributed by atoms with Crippen molar-refractivity contribution < 1.29 is 9.90 Å². The number of hydrogen-bond acceptors (Lipinski definition) is 2. The SMILES string of the molecule is CC(=O)C(=C(C)O)c1c2ccccc2c(-c2ccc3c(c2)c2ccccc2n3-c2ccccc2)c2ccccc12. The van der Waals surface area contributed by atoms with Gasteiger partial charge in [-0.15, -0.1) is 0 Å². The summed E-state index contributed by atoms with van der Waals surface area (Å²) in [7, 11) is 0. The van der Waals surface area contributed by atoms with Gasteiger partial charge in [-0.05, 0) is 76.9 Å². The molecule has 7 rings (SSSR count). The molecule has 0 radical (unpaired) electrons. The van der Waals surface area contributed by atoms with Crippen molar-refractivity contribution in [3.63, 3.8) is 0 Å². The lowest BCUT2D eigenvalue weighted by molar-refractivity contribution is -0.111. The second kappa shape index (κ2) is 9.25. The van der Waals surface area contributed by atoms with Gasteiger partial charge in [-0.3, -0.25) is 4.79 Å². The Morgan fingerprint density at radius 2 is 1.10 bits per heavy atom. The number of ketones is 1. The smallest absolute Gasteiger partial charge is 0.163 e. The van der Waals surface area contributed by atoms with Crippen LogP contribution in [0.2, 0.25) is 0 Å². The monoisotopic (exact) mass is 517 g/mol. The van der Waals surface area contributed by atoms with E-state index in [1.165, 1.54) is 23.2 Å². The number of aliphatic hydroxyl groups is 1. The lowest BCUT2D eigenvalue weighted by Crippen LogP contribution is -2.02. The van der Waals surface area contributed by atoms with Crippen LogP contribution >= 0.6 is 0 Å². The number of Topliss-reactive ketones (excluding diaryl/α,β-unsaturated/α-hetero) is 1. The van der Waals surface area contributed by atoms with E-state index in [4.69, 9.17) is 0 Å². The Hall–Kier alpha value is -5.15. The molecule has 1 N–H and O–H groups in total. The van der Waals surface area contributed by atoms with E-state index in [0.29, 0.717) is 5.57 Å². The van der Waals surface area contributed by atoms with E-state index in [0.717, 1.165) is 49.4 Å². The van der Waals surface area contributed by atoms with Gasteiger partial charge < -0.3 is 9.67 Å². The predicted octanol–water partition coefficient (Wildman–Crippen LogP) is 9.64. The molecule has 3 nitrogen and oxygen atoms in total. The van der Waals surface area contributed by atoms with Gasteiger partial charge in [0.15, 0.2) is 5.78 Å². The zero-order valence-electron chi connectivity index (χ0n) is 22.3. The van der Waals surface area contributed by atoms with E-state index in [2.05, 4.69) is 83.4 Å². The first-order chi connectivity index (χ1) is 19.5. The largest absolute Gasteiger partial charge is 0.512 e. The summed E-state index contributed by atoms with van der Waals surface area (Å²) in [6, 6.07) is 42.1. The molecule has 0 unspecified atom stereocenters. The molecule has 0 bridgehead atoms. The summed E-state index contributed by atoms with van der Waals surface area (Å²) in [6.45, 7) is 3.10. The van der Waals surface area contributed by atoms with Gasteiger partial charge in [-0.25, -0.2) is 0 Å². The van der Waals surface area contributed by atoms with Crippen LogP contribution < -0.4 is 0 Å². The maximum absolute atomic E-state index is 12.8. The normalized spacial score (nSPS) is 12.3. The number of nitrogens with zero attached hydrogens (tertiary/aromatic N) is 1. The molecular formula is C37H27NO2. The van der Waals surface area contributed by atoms with Gasteiger partial charge in [-0.1, -0.05) is 91.0 Å². The fourth-order valence-corrected chi connectivity index (χ4v) is 6.30. The summed E-state index contributed by atoms with van der Waals surface area (Å²) < 4.78 is 2.32. The number of para-hydroxylation sites is 2. The highest BCUT2D eigenvalue weighted by molar-refractivity contribution is 6.30. The predicted molar refractivity (Wildman–Crippen MR) is 167 cm³/mol. The molecule has 0 aliphatic carbocycles. The Balaban J connectivity index is 1.60. The van der Waals surface area contributed by atoms with Gasteiger partial charge in [0.2, 0.25) is 0 Å². The van der Waals surface area contributed by atoms with E-state index in [1.54, 1.807) is 6.92 Å². The molecule has 40 heavy (non-hydrogen) atoms. The van der Waals surface area contributed by atoms with E-state index in [-0.39, 0.29) is 11.5 Å². The first-order valence-corrected chi connectivity index (χ1v) is 13.5. The van der Waals surface area contributed by atoms with Gasteiger partial charge in [0, 0.05) is 22.0 Å². The van der Waals surface area contributed by atoms with Crippen molar-refractivity contribution in [1.29, 1.82) is 0 Å². The van der Waals surface area contributed by atoms with E-state index < -0.39 is 0 Å². The van der Waals surface area contributed by atoms with Crippen LogP contribution in [0.4, 0.5) is 0 Å². The number of allylic oxidation sites excluding steroid dienone is 2. The average molecular weight is 518 g/mol. The Kier molecular flexibility index (Phi) is 5.53. The zero-order valence-corrected chi connectivity index (χ0v) is 22.3. The number of fused-ring (bicyclic) bond motifs is 5. The topological polar surface area (TPSA) is 42.2 Å². The number of hydrogen-bond donors (Lipinski definition) is 1. The second-order valence-electron chi connectivity index (χ2n) is 10.3. The number of carbonyl (C=O) groups excluding carboxylic acids is 1. The number of rotatable bonds is 4. The summed E-state index contributed by atoms with van der Waals surface area (Å²) in [4.78, 5) is 12.8. The third-order valence-corrected chi connectivity index (χ3v) is 7.87. The molecule has 1 aromatic heterocycles. The molecule has 0 amide bonds. The molecular weight excluding hydrogens is 490 g/mol. The fraction of sp³-hybridized carbons (Fsp3) is 0.0541. The van der Waals surface area contributed by atoms with Crippen molar-refractivity contribution in [2.75, 3.05) is 0 Å².